The highest BCUT2D eigenvalue weighted by Crippen LogP contribution is 2.36. The predicted octanol–water partition coefficient (Wildman–Crippen LogP) is 5.07. The molecule has 1 aliphatic rings. The summed E-state index contributed by atoms with van der Waals surface area (Å²) in [6.07, 6.45) is 0.513. The van der Waals surface area contributed by atoms with E-state index in [4.69, 9.17) is 0 Å². The summed E-state index contributed by atoms with van der Waals surface area (Å²) in [7, 11) is -4.67. The van der Waals surface area contributed by atoms with Gasteiger partial charge in [-0.1, -0.05) is 60.7 Å². The van der Waals surface area contributed by atoms with Gasteiger partial charge in [-0.3, -0.25) is 14.8 Å². The van der Waals surface area contributed by atoms with Gasteiger partial charge in [0, 0.05) is 17.2 Å². The molecule has 4 aromatic rings. The number of benzene rings is 4. The Morgan fingerprint density at radius 1 is 0.838 bits per heavy atom. The van der Waals surface area contributed by atoms with E-state index in [1.807, 2.05) is 24.3 Å². The number of hydrogen-bond acceptors (Lipinski definition) is 9. The topological polar surface area (TPSA) is 161 Å². The number of aromatic hydroxyl groups is 2. The minimum atomic E-state index is -4.67. The number of nitrogens with zero attached hydrogens (tertiary/aromatic N) is 3. The van der Waals surface area contributed by atoms with Crippen molar-refractivity contribution in [1.29, 1.82) is 0 Å². The van der Waals surface area contributed by atoms with E-state index in [1.165, 1.54) is 12.1 Å². The lowest BCUT2D eigenvalue weighted by Gasteiger charge is -2.18. The first kappa shape index (κ1) is 24.1. The van der Waals surface area contributed by atoms with Crippen LogP contribution in [0, 0.1) is 0 Å². The second kappa shape index (κ2) is 9.45. The Morgan fingerprint density at radius 3 is 2.16 bits per heavy atom. The zero-order valence-corrected chi connectivity index (χ0v) is 19.9. The van der Waals surface area contributed by atoms with Crippen molar-refractivity contribution in [1.82, 2.24) is 0 Å². The van der Waals surface area contributed by atoms with Gasteiger partial charge in [0.1, 0.15) is 34.6 Å². The van der Waals surface area contributed by atoms with Crippen LogP contribution in [0.1, 0.15) is 6.42 Å². The third-order valence-corrected chi connectivity index (χ3v) is 6.90. The number of hydrazone groups is 1. The van der Waals surface area contributed by atoms with E-state index in [2.05, 4.69) is 20.8 Å². The largest absolute Gasteiger partial charge is 0.506 e. The Hall–Kier alpha value is -4.61. The smallest absolute Gasteiger partial charge is 0.290 e. The molecule has 4 N–H and O–H groups in total. The normalized spacial score (nSPS) is 17.5. The minimum absolute atomic E-state index is 0.117. The Labute approximate surface area is 211 Å². The van der Waals surface area contributed by atoms with Gasteiger partial charge in [0.15, 0.2) is 0 Å². The first-order chi connectivity index (χ1) is 17.7. The van der Waals surface area contributed by atoms with E-state index in [-0.39, 0.29) is 28.6 Å². The molecule has 0 amide bonds. The summed E-state index contributed by atoms with van der Waals surface area (Å²) in [5.74, 6) is -0.964. The molecule has 0 saturated carbocycles. The third kappa shape index (κ3) is 4.77. The molecule has 1 unspecified atom stereocenters. The molecule has 0 fully saturated rings. The maximum atomic E-state index is 13.2. The van der Waals surface area contributed by atoms with Gasteiger partial charge in [0.2, 0.25) is 5.78 Å². The van der Waals surface area contributed by atoms with Crippen molar-refractivity contribution >= 4 is 54.5 Å². The first-order valence-electron chi connectivity index (χ1n) is 11.1. The van der Waals surface area contributed by atoms with Crippen LogP contribution in [0.5, 0.6) is 11.5 Å². The lowest BCUT2D eigenvalue weighted by molar-refractivity contribution is -0.114. The van der Waals surface area contributed by atoms with E-state index in [0.29, 0.717) is 10.8 Å². The molecule has 186 valence electrons. The van der Waals surface area contributed by atoms with Gasteiger partial charge in [-0.2, -0.15) is 23.7 Å². The van der Waals surface area contributed by atoms with Crippen LogP contribution in [0.4, 0.5) is 11.4 Å². The SMILES string of the molecule is O=C1/C(=N/Nc2c(O)ccc3ccccc23)C=C(S(=O)(=O)O)CC1N=Nc1c(O)ccc2ccccc12. The highest BCUT2D eigenvalue weighted by Gasteiger charge is 2.33. The summed E-state index contributed by atoms with van der Waals surface area (Å²) < 4.78 is 33.5. The number of carbonyl (C=O) groups excluding carboxylic acids is 1. The molecule has 0 spiro atoms. The number of phenolic OH excluding ortho intramolecular Hbond substituents is 2. The molecular weight excluding hydrogens is 496 g/mol. The summed E-state index contributed by atoms with van der Waals surface area (Å²) in [4.78, 5) is 12.7. The fourth-order valence-corrected chi connectivity index (χ4v) is 4.70. The van der Waals surface area contributed by atoms with Crippen molar-refractivity contribution in [3.63, 3.8) is 0 Å². The van der Waals surface area contributed by atoms with E-state index in [9.17, 15) is 28.0 Å². The Kier molecular flexibility index (Phi) is 6.15. The molecule has 1 aliphatic carbocycles. The number of Topliss-reactive ketones (excluding diaryl/α,β-unsaturated/α-hetero) is 1. The molecule has 1 atom stereocenters. The van der Waals surface area contributed by atoms with Crippen LogP contribution in [0.25, 0.3) is 21.5 Å². The second-order valence-electron chi connectivity index (χ2n) is 8.33. The molecule has 0 bridgehead atoms. The molecule has 0 aliphatic heterocycles. The lowest BCUT2D eigenvalue weighted by atomic mass is 9.99. The number of allylic oxidation sites excluding steroid dienone is 1. The summed E-state index contributed by atoms with van der Waals surface area (Å²) in [6, 6.07) is 19.3. The maximum absolute atomic E-state index is 13.2. The Bertz CT molecular complexity index is 1760. The number of phenols is 2. The number of fused-ring (bicyclic) bond motifs is 2. The third-order valence-electron chi connectivity index (χ3n) is 5.95. The van der Waals surface area contributed by atoms with Gasteiger partial charge in [0.05, 0.1) is 4.91 Å². The van der Waals surface area contributed by atoms with Gasteiger partial charge < -0.3 is 10.2 Å². The van der Waals surface area contributed by atoms with Crippen molar-refractivity contribution in [2.75, 3.05) is 5.43 Å². The van der Waals surface area contributed by atoms with Gasteiger partial charge in [-0.05, 0) is 29.0 Å². The molecule has 4 aromatic carbocycles. The number of hydrogen-bond donors (Lipinski definition) is 4. The van der Waals surface area contributed by atoms with Crippen molar-refractivity contribution in [2.45, 2.75) is 12.5 Å². The van der Waals surface area contributed by atoms with Crippen molar-refractivity contribution in [2.24, 2.45) is 15.3 Å². The maximum Gasteiger partial charge on any atom is 0.290 e. The van der Waals surface area contributed by atoms with E-state index >= 15 is 0 Å². The number of rotatable bonds is 5. The zero-order chi connectivity index (χ0) is 26.2. The van der Waals surface area contributed by atoms with Crippen LogP contribution in [0.3, 0.4) is 0 Å². The fraction of sp³-hybridized carbons (Fsp3) is 0.0769. The summed E-state index contributed by atoms with van der Waals surface area (Å²) in [5.41, 5.74) is 2.63. The average molecular weight is 517 g/mol. The quantitative estimate of drug-likeness (QED) is 0.125. The lowest BCUT2D eigenvalue weighted by Crippen LogP contribution is -2.32. The van der Waals surface area contributed by atoms with Crippen LogP contribution >= 0.6 is 0 Å². The fourth-order valence-electron chi connectivity index (χ4n) is 4.07. The molecule has 10 nitrogen and oxygen atoms in total. The first-order valence-corrected chi connectivity index (χ1v) is 12.5. The molecule has 0 radical (unpaired) electrons. The Balaban J connectivity index is 1.53. The molecule has 0 saturated heterocycles. The molecular formula is C26H20N4O6S. The van der Waals surface area contributed by atoms with E-state index in [1.54, 1.807) is 36.4 Å². The van der Waals surface area contributed by atoms with Gasteiger partial charge >= 0.3 is 0 Å². The molecule has 5 rings (SSSR count). The number of nitrogens with one attached hydrogen (secondary N) is 1. The van der Waals surface area contributed by atoms with Gasteiger partial charge in [-0.15, -0.1) is 0 Å². The number of anilines is 1. The summed E-state index contributed by atoms with van der Waals surface area (Å²) in [5, 5.41) is 35.6. The molecule has 11 heteroatoms. The summed E-state index contributed by atoms with van der Waals surface area (Å²) >= 11 is 0. The second-order valence-corrected chi connectivity index (χ2v) is 9.80. The zero-order valence-electron chi connectivity index (χ0n) is 19.1. The van der Waals surface area contributed by atoms with E-state index < -0.39 is 33.3 Å². The minimum Gasteiger partial charge on any atom is -0.506 e. The number of ketones is 1. The standard InChI is InChI=1S/C26H20N4O6S/c31-22-11-9-15-5-1-3-7-18(15)24(22)29-27-20-13-17(37(34,35)36)14-21(26(20)33)28-30-25-19-8-4-2-6-16(19)10-12-23(25)32/h1-13,21,29,31-32H,14H2,(H,34,35,36)/b27-20+,30-28?. The highest BCUT2D eigenvalue weighted by molar-refractivity contribution is 7.89. The van der Waals surface area contributed by atoms with Gasteiger partial charge in [-0.25, -0.2) is 0 Å². The van der Waals surface area contributed by atoms with Crippen LogP contribution in [-0.2, 0) is 14.9 Å². The van der Waals surface area contributed by atoms with Crippen LogP contribution in [0.2, 0.25) is 0 Å². The molecule has 0 heterocycles. The van der Waals surface area contributed by atoms with Crippen LogP contribution < -0.4 is 5.43 Å². The van der Waals surface area contributed by atoms with Crippen molar-refractivity contribution in [3.05, 3.63) is 83.8 Å². The molecule has 0 aromatic heterocycles. The highest BCUT2D eigenvalue weighted by atomic mass is 32.2. The van der Waals surface area contributed by atoms with Crippen molar-refractivity contribution in [3.8, 4) is 11.5 Å². The predicted molar refractivity (Wildman–Crippen MR) is 140 cm³/mol. The average Bonchev–Trinajstić information content (AvgIpc) is 2.88. The monoisotopic (exact) mass is 516 g/mol. The van der Waals surface area contributed by atoms with Crippen LogP contribution in [0.15, 0.2) is 99.1 Å². The summed E-state index contributed by atoms with van der Waals surface area (Å²) in [6.45, 7) is 0. The number of azo groups is 1. The van der Waals surface area contributed by atoms with Gasteiger partial charge in [0.25, 0.3) is 10.1 Å². The van der Waals surface area contributed by atoms with E-state index in [0.717, 1.165) is 16.8 Å². The number of carbonyl (C=O) groups is 1. The molecule has 37 heavy (non-hydrogen) atoms. The van der Waals surface area contributed by atoms with Crippen molar-refractivity contribution < 1.29 is 28.0 Å². The Morgan fingerprint density at radius 2 is 1.46 bits per heavy atom. The van der Waals surface area contributed by atoms with Crippen LogP contribution in [-0.4, -0.2) is 40.7 Å².